The Morgan fingerprint density at radius 2 is 1.72 bits per heavy atom. The van der Waals surface area contributed by atoms with Crippen molar-refractivity contribution in [1.29, 1.82) is 0 Å². The second kappa shape index (κ2) is 12.4. The Morgan fingerprint density at radius 1 is 1.03 bits per heavy atom. The minimum Gasteiger partial charge on any atom is -0.374 e. The number of carbonyl (C=O) groups is 2. The van der Waals surface area contributed by atoms with E-state index in [9.17, 15) is 28.1 Å². The van der Waals surface area contributed by atoms with Crippen LogP contribution in [0.4, 0.5) is 5.69 Å². The molecule has 0 saturated carbocycles. The number of sulfone groups is 1. The summed E-state index contributed by atoms with van der Waals surface area (Å²) >= 11 is 6.95. The van der Waals surface area contributed by atoms with Crippen molar-refractivity contribution in [3.63, 3.8) is 0 Å². The SMILES string of the molecule is O=C(NCc1ccc(S(=O)(=O)CC=CN2CCN(C(=O)c3ccccc3[N+](=O)[O-])CC2)s1)c1ccc(Cl)cc1. The molecule has 13 heteroatoms. The number of rotatable bonds is 9. The Hall–Kier alpha value is -3.74. The third-order valence-corrected chi connectivity index (χ3v) is 9.56. The summed E-state index contributed by atoms with van der Waals surface area (Å²) < 4.78 is 25.8. The van der Waals surface area contributed by atoms with Crippen LogP contribution in [0.3, 0.4) is 0 Å². The highest BCUT2D eigenvalue weighted by Gasteiger charge is 2.26. The summed E-state index contributed by atoms with van der Waals surface area (Å²) in [6.45, 7) is 1.86. The van der Waals surface area contributed by atoms with Gasteiger partial charge in [-0.3, -0.25) is 19.7 Å². The number of carbonyl (C=O) groups excluding carboxylic acids is 2. The molecule has 4 rings (SSSR count). The van der Waals surface area contributed by atoms with Gasteiger partial charge in [0.2, 0.25) is 0 Å². The average molecular weight is 589 g/mol. The van der Waals surface area contributed by atoms with Gasteiger partial charge >= 0.3 is 0 Å². The van der Waals surface area contributed by atoms with Crippen LogP contribution in [-0.2, 0) is 16.4 Å². The molecule has 10 nitrogen and oxygen atoms in total. The molecule has 1 aliphatic rings. The van der Waals surface area contributed by atoms with Crippen molar-refractivity contribution in [1.82, 2.24) is 15.1 Å². The van der Waals surface area contributed by atoms with E-state index in [4.69, 9.17) is 11.6 Å². The number of piperazine rings is 1. The van der Waals surface area contributed by atoms with E-state index in [1.54, 1.807) is 53.6 Å². The van der Waals surface area contributed by atoms with Crippen LogP contribution in [0.5, 0.6) is 0 Å². The first-order valence-electron chi connectivity index (χ1n) is 11.9. The standard InChI is InChI=1S/C26H25ClN4O6S2/c27-20-8-6-19(7-9-20)25(32)28-18-21-10-11-24(38-21)39(36,37)17-3-12-29-13-15-30(16-14-29)26(33)22-4-1-2-5-23(22)31(34)35/h1-12H,13-18H2,(H,28,32). The van der Waals surface area contributed by atoms with Crippen LogP contribution < -0.4 is 5.32 Å². The smallest absolute Gasteiger partial charge is 0.282 e. The number of nitrogens with zero attached hydrogens (tertiary/aromatic N) is 3. The normalized spacial score (nSPS) is 14.0. The van der Waals surface area contributed by atoms with Crippen molar-refractivity contribution in [2.75, 3.05) is 31.9 Å². The van der Waals surface area contributed by atoms with Gasteiger partial charge in [-0.15, -0.1) is 11.3 Å². The lowest BCUT2D eigenvalue weighted by atomic mass is 10.1. The van der Waals surface area contributed by atoms with Crippen LogP contribution in [0, 0.1) is 10.1 Å². The maximum Gasteiger partial charge on any atom is 0.282 e. The predicted molar refractivity (Wildman–Crippen MR) is 149 cm³/mol. The molecule has 39 heavy (non-hydrogen) atoms. The van der Waals surface area contributed by atoms with Gasteiger partial charge in [-0.1, -0.05) is 29.8 Å². The molecular formula is C26H25ClN4O6S2. The van der Waals surface area contributed by atoms with Crippen molar-refractivity contribution >= 4 is 50.3 Å². The molecule has 1 aromatic heterocycles. The number of halogens is 1. The van der Waals surface area contributed by atoms with Gasteiger partial charge in [0.15, 0.2) is 9.84 Å². The Morgan fingerprint density at radius 3 is 2.41 bits per heavy atom. The molecule has 1 fully saturated rings. The highest BCUT2D eigenvalue weighted by molar-refractivity contribution is 7.93. The van der Waals surface area contributed by atoms with Crippen LogP contribution in [-0.4, -0.2) is 66.9 Å². The number of nitrogens with one attached hydrogen (secondary N) is 1. The molecule has 204 valence electrons. The second-order valence-electron chi connectivity index (χ2n) is 8.68. The summed E-state index contributed by atoms with van der Waals surface area (Å²) in [5.41, 5.74) is 0.286. The van der Waals surface area contributed by atoms with Crippen molar-refractivity contribution in [3.8, 4) is 0 Å². The number of hydrogen-bond acceptors (Lipinski definition) is 8. The van der Waals surface area contributed by atoms with Crippen LogP contribution in [0.25, 0.3) is 0 Å². The Kier molecular flexibility index (Phi) is 9.00. The van der Waals surface area contributed by atoms with E-state index in [0.29, 0.717) is 41.6 Å². The second-order valence-corrected chi connectivity index (χ2v) is 12.5. The monoisotopic (exact) mass is 588 g/mol. The van der Waals surface area contributed by atoms with Crippen LogP contribution >= 0.6 is 22.9 Å². The van der Waals surface area contributed by atoms with E-state index in [-0.39, 0.29) is 33.7 Å². The van der Waals surface area contributed by atoms with E-state index in [1.807, 2.05) is 4.90 Å². The molecular weight excluding hydrogens is 564 g/mol. The summed E-state index contributed by atoms with van der Waals surface area (Å²) in [5.74, 6) is -0.873. The maximum absolute atomic E-state index is 12.8. The molecule has 2 amide bonds. The highest BCUT2D eigenvalue weighted by atomic mass is 35.5. The fraction of sp³-hybridized carbons (Fsp3) is 0.231. The number of para-hydroxylation sites is 1. The van der Waals surface area contributed by atoms with E-state index in [1.165, 1.54) is 24.3 Å². The molecule has 0 atom stereocenters. The molecule has 3 aromatic rings. The third-order valence-electron chi connectivity index (χ3n) is 6.04. The topological polar surface area (TPSA) is 130 Å². The number of nitro benzene ring substituents is 1. The molecule has 0 spiro atoms. The minimum atomic E-state index is -3.56. The zero-order valence-electron chi connectivity index (χ0n) is 20.7. The molecule has 2 aromatic carbocycles. The number of hydrogen-bond donors (Lipinski definition) is 1. The summed E-state index contributed by atoms with van der Waals surface area (Å²) in [6, 6.07) is 15.5. The molecule has 0 radical (unpaired) electrons. The summed E-state index contributed by atoms with van der Waals surface area (Å²) in [6.07, 6.45) is 3.27. The molecule has 0 unspecified atom stereocenters. The fourth-order valence-electron chi connectivity index (χ4n) is 3.95. The van der Waals surface area contributed by atoms with Gasteiger partial charge in [0.05, 0.1) is 17.2 Å². The van der Waals surface area contributed by atoms with E-state index in [0.717, 1.165) is 11.3 Å². The molecule has 0 aliphatic carbocycles. The molecule has 1 aliphatic heterocycles. The zero-order valence-corrected chi connectivity index (χ0v) is 23.0. The quantitative estimate of drug-likeness (QED) is 0.295. The van der Waals surface area contributed by atoms with Gasteiger partial charge in [0.25, 0.3) is 17.5 Å². The molecule has 0 bridgehead atoms. The van der Waals surface area contributed by atoms with Crippen LogP contribution in [0.15, 0.2) is 77.1 Å². The van der Waals surface area contributed by atoms with Crippen molar-refractivity contribution in [3.05, 3.63) is 104 Å². The first-order valence-corrected chi connectivity index (χ1v) is 14.8. The van der Waals surface area contributed by atoms with Crippen molar-refractivity contribution in [2.45, 2.75) is 10.8 Å². The number of nitro groups is 1. The lowest BCUT2D eigenvalue weighted by molar-refractivity contribution is -0.385. The largest absolute Gasteiger partial charge is 0.374 e. The minimum absolute atomic E-state index is 0.0532. The number of thiophene rings is 1. The molecule has 2 heterocycles. The van der Waals surface area contributed by atoms with Crippen molar-refractivity contribution < 1.29 is 22.9 Å². The van der Waals surface area contributed by atoms with E-state index >= 15 is 0 Å². The number of benzene rings is 2. The summed E-state index contributed by atoms with van der Waals surface area (Å²) in [7, 11) is -3.56. The van der Waals surface area contributed by atoms with E-state index in [2.05, 4.69) is 5.32 Å². The van der Waals surface area contributed by atoms with Crippen LogP contribution in [0.2, 0.25) is 5.02 Å². The van der Waals surface area contributed by atoms with Crippen LogP contribution in [0.1, 0.15) is 25.6 Å². The fourth-order valence-corrected chi connectivity index (χ4v) is 6.56. The van der Waals surface area contributed by atoms with Gasteiger partial charge in [0, 0.05) is 47.7 Å². The first-order chi connectivity index (χ1) is 18.6. The van der Waals surface area contributed by atoms with Gasteiger partial charge in [-0.2, -0.15) is 0 Å². The first kappa shape index (κ1) is 28.3. The summed E-state index contributed by atoms with van der Waals surface area (Å²) in [5, 5.41) is 14.5. The number of amides is 2. The highest BCUT2D eigenvalue weighted by Crippen LogP contribution is 2.24. The van der Waals surface area contributed by atoms with Gasteiger partial charge in [0.1, 0.15) is 9.77 Å². The third kappa shape index (κ3) is 7.22. The van der Waals surface area contributed by atoms with Crippen molar-refractivity contribution in [2.24, 2.45) is 0 Å². The maximum atomic E-state index is 12.8. The molecule has 1 N–H and O–H groups in total. The Labute approximate surface area is 234 Å². The van der Waals surface area contributed by atoms with E-state index < -0.39 is 20.7 Å². The van der Waals surface area contributed by atoms with Gasteiger partial charge in [-0.05, 0) is 48.7 Å². The Bertz CT molecular complexity index is 1500. The average Bonchev–Trinajstić information content (AvgIpc) is 3.42. The molecule has 1 saturated heterocycles. The van der Waals surface area contributed by atoms with Gasteiger partial charge < -0.3 is 15.1 Å². The zero-order chi connectivity index (χ0) is 28.0. The summed E-state index contributed by atoms with van der Waals surface area (Å²) in [4.78, 5) is 39.9. The van der Waals surface area contributed by atoms with Gasteiger partial charge in [-0.25, -0.2) is 8.42 Å². The Balaban J connectivity index is 1.26. The lowest BCUT2D eigenvalue weighted by Gasteiger charge is -2.34. The lowest BCUT2D eigenvalue weighted by Crippen LogP contribution is -2.46. The predicted octanol–water partition coefficient (Wildman–Crippen LogP) is 3.99.